The molecule has 0 aliphatic heterocycles. The molecule has 106 valence electrons. The van der Waals surface area contributed by atoms with Crippen LogP contribution >= 0.6 is 11.3 Å². The molecule has 4 heteroatoms. The van der Waals surface area contributed by atoms with Crippen molar-refractivity contribution in [2.45, 2.75) is 58.0 Å². The molecule has 1 aliphatic carbocycles. The molecule has 19 heavy (non-hydrogen) atoms. The summed E-state index contributed by atoms with van der Waals surface area (Å²) < 4.78 is 0. The standard InChI is InChI=1S/C15H23NO2S/c1-11-9-13(19-12(11)2)14(17)16-10-15(18)7-5-3-4-6-8-15/h9,18H,3-8,10H2,1-2H3,(H,16,17). The van der Waals surface area contributed by atoms with Gasteiger partial charge in [0.1, 0.15) is 0 Å². The monoisotopic (exact) mass is 281 g/mol. The zero-order chi connectivity index (χ0) is 13.9. The van der Waals surface area contributed by atoms with Crippen LogP contribution in [0.3, 0.4) is 0 Å². The number of amides is 1. The maximum absolute atomic E-state index is 12.1. The first-order chi connectivity index (χ1) is 9.00. The molecule has 1 heterocycles. The van der Waals surface area contributed by atoms with Crippen LogP contribution in [0.25, 0.3) is 0 Å². The number of hydrogen-bond donors (Lipinski definition) is 2. The molecular weight excluding hydrogens is 258 g/mol. The van der Waals surface area contributed by atoms with Crippen LogP contribution in [0.15, 0.2) is 6.07 Å². The Labute approximate surface area is 119 Å². The Balaban J connectivity index is 1.92. The second kappa shape index (κ2) is 6.06. The van der Waals surface area contributed by atoms with E-state index >= 15 is 0 Å². The highest BCUT2D eigenvalue weighted by Gasteiger charge is 2.28. The fourth-order valence-corrected chi connectivity index (χ4v) is 3.53. The number of aryl methyl sites for hydroxylation is 2. The summed E-state index contributed by atoms with van der Waals surface area (Å²) in [5.41, 5.74) is 0.455. The molecule has 2 rings (SSSR count). The van der Waals surface area contributed by atoms with E-state index in [0.29, 0.717) is 6.54 Å². The minimum absolute atomic E-state index is 0.0566. The Morgan fingerprint density at radius 3 is 2.47 bits per heavy atom. The molecule has 2 N–H and O–H groups in total. The second-order valence-corrected chi connectivity index (χ2v) is 6.93. The lowest BCUT2D eigenvalue weighted by molar-refractivity contribution is 0.0247. The van der Waals surface area contributed by atoms with Gasteiger partial charge in [-0.05, 0) is 38.3 Å². The van der Waals surface area contributed by atoms with Crippen LogP contribution in [-0.4, -0.2) is 23.2 Å². The van der Waals surface area contributed by atoms with Gasteiger partial charge in [0.2, 0.25) is 0 Å². The van der Waals surface area contributed by atoms with Gasteiger partial charge in [-0.15, -0.1) is 11.3 Å². The molecule has 1 aromatic heterocycles. The fraction of sp³-hybridized carbons (Fsp3) is 0.667. The number of aliphatic hydroxyl groups is 1. The average molecular weight is 281 g/mol. The van der Waals surface area contributed by atoms with Gasteiger partial charge in [-0.3, -0.25) is 4.79 Å². The predicted molar refractivity (Wildman–Crippen MR) is 78.8 cm³/mol. The quantitative estimate of drug-likeness (QED) is 0.836. The summed E-state index contributed by atoms with van der Waals surface area (Å²) in [6, 6.07) is 1.92. The van der Waals surface area contributed by atoms with Crippen LogP contribution in [-0.2, 0) is 0 Å². The Bertz CT molecular complexity index is 425. The van der Waals surface area contributed by atoms with E-state index in [1.807, 2.05) is 19.9 Å². The lowest BCUT2D eigenvalue weighted by Gasteiger charge is -2.26. The van der Waals surface area contributed by atoms with Gasteiger partial charge in [0.25, 0.3) is 5.91 Å². The number of nitrogens with one attached hydrogen (secondary N) is 1. The number of carbonyl (C=O) groups excluding carboxylic acids is 1. The number of carbonyl (C=O) groups is 1. The van der Waals surface area contributed by atoms with Gasteiger partial charge in [-0.2, -0.15) is 0 Å². The van der Waals surface area contributed by atoms with Crippen LogP contribution in [0.1, 0.15) is 58.6 Å². The summed E-state index contributed by atoms with van der Waals surface area (Å²) in [7, 11) is 0. The minimum atomic E-state index is -0.701. The molecule has 0 atom stereocenters. The summed E-state index contributed by atoms with van der Waals surface area (Å²) >= 11 is 1.52. The van der Waals surface area contributed by atoms with E-state index in [2.05, 4.69) is 5.32 Å². The normalized spacial score (nSPS) is 18.9. The van der Waals surface area contributed by atoms with Gasteiger partial charge >= 0.3 is 0 Å². The second-order valence-electron chi connectivity index (χ2n) is 5.67. The molecule has 1 saturated carbocycles. The van der Waals surface area contributed by atoms with E-state index in [-0.39, 0.29) is 5.91 Å². The first-order valence-corrected chi connectivity index (χ1v) is 7.89. The van der Waals surface area contributed by atoms with Crippen LogP contribution in [0.4, 0.5) is 0 Å². The van der Waals surface area contributed by atoms with Crippen molar-refractivity contribution in [2.75, 3.05) is 6.54 Å². The highest BCUT2D eigenvalue weighted by atomic mass is 32.1. The lowest BCUT2D eigenvalue weighted by atomic mass is 9.94. The van der Waals surface area contributed by atoms with Crippen molar-refractivity contribution in [2.24, 2.45) is 0 Å². The Kier molecular flexibility index (Phi) is 4.63. The number of thiophene rings is 1. The van der Waals surface area contributed by atoms with Gasteiger partial charge in [-0.25, -0.2) is 0 Å². The minimum Gasteiger partial charge on any atom is -0.388 e. The molecule has 1 aliphatic rings. The van der Waals surface area contributed by atoms with Crippen LogP contribution in [0.2, 0.25) is 0 Å². The van der Waals surface area contributed by atoms with Crippen molar-refractivity contribution in [1.82, 2.24) is 5.32 Å². The summed E-state index contributed by atoms with van der Waals surface area (Å²) in [4.78, 5) is 14.0. The molecule has 0 bridgehead atoms. The molecule has 0 spiro atoms. The summed E-state index contributed by atoms with van der Waals surface area (Å²) in [5.74, 6) is -0.0566. The van der Waals surface area contributed by atoms with Crippen LogP contribution < -0.4 is 5.32 Å². The highest BCUT2D eigenvalue weighted by molar-refractivity contribution is 7.14. The third kappa shape index (κ3) is 3.80. The summed E-state index contributed by atoms with van der Waals surface area (Å²) in [6.45, 7) is 4.42. The molecule has 1 aromatic rings. The summed E-state index contributed by atoms with van der Waals surface area (Å²) in [6.07, 6.45) is 6.11. The molecule has 0 unspecified atom stereocenters. The van der Waals surface area contributed by atoms with Gasteiger partial charge in [-0.1, -0.05) is 25.7 Å². The van der Waals surface area contributed by atoms with Crippen molar-refractivity contribution in [3.05, 3.63) is 21.4 Å². The molecule has 3 nitrogen and oxygen atoms in total. The van der Waals surface area contributed by atoms with E-state index in [0.717, 1.165) is 36.1 Å². The van der Waals surface area contributed by atoms with Crippen molar-refractivity contribution < 1.29 is 9.90 Å². The SMILES string of the molecule is Cc1cc(C(=O)NCC2(O)CCCCCC2)sc1C. The van der Waals surface area contributed by atoms with Gasteiger partial charge < -0.3 is 10.4 Å². The van der Waals surface area contributed by atoms with Crippen LogP contribution in [0, 0.1) is 13.8 Å². The van der Waals surface area contributed by atoms with Crippen molar-refractivity contribution in [1.29, 1.82) is 0 Å². The van der Waals surface area contributed by atoms with E-state index in [4.69, 9.17) is 0 Å². The predicted octanol–water partition coefficient (Wildman–Crippen LogP) is 3.18. The lowest BCUT2D eigenvalue weighted by Crippen LogP contribution is -2.42. The number of rotatable bonds is 3. The van der Waals surface area contributed by atoms with Crippen molar-refractivity contribution in [3.8, 4) is 0 Å². The van der Waals surface area contributed by atoms with Crippen molar-refractivity contribution in [3.63, 3.8) is 0 Å². The van der Waals surface area contributed by atoms with Gasteiger partial charge in [0.15, 0.2) is 0 Å². The highest BCUT2D eigenvalue weighted by Crippen LogP contribution is 2.26. The van der Waals surface area contributed by atoms with Gasteiger partial charge in [0.05, 0.1) is 10.5 Å². The van der Waals surface area contributed by atoms with E-state index < -0.39 is 5.60 Å². The smallest absolute Gasteiger partial charge is 0.261 e. The first kappa shape index (κ1) is 14.5. The van der Waals surface area contributed by atoms with Crippen molar-refractivity contribution >= 4 is 17.2 Å². The molecule has 0 radical (unpaired) electrons. The first-order valence-electron chi connectivity index (χ1n) is 7.08. The van der Waals surface area contributed by atoms with E-state index in [1.165, 1.54) is 29.1 Å². The zero-order valence-electron chi connectivity index (χ0n) is 11.8. The average Bonchev–Trinajstić information content (AvgIpc) is 2.60. The maximum atomic E-state index is 12.1. The summed E-state index contributed by atoms with van der Waals surface area (Å²) in [5, 5.41) is 13.4. The molecule has 1 fully saturated rings. The van der Waals surface area contributed by atoms with Gasteiger partial charge in [0, 0.05) is 11.4 Å². The third-order valence-electron chi connectivity index (χ3n) is 4.00. The Morgan fingerprint density at radius 2 is 1.95 bits per heavy atom. The molecular formula is C15H23NO2S. The molecule has 1 amide bonds. The van der Waals surface area contributed by atoms with Crippen LogP contribution in [0.5, 0.6) is 0 Å². The maximum Gasteiger partial charge on any atom is 0.261 e. The fourth-order valence-electron chi connectivity index (χ4n) is 2.58. The van der Waals surface area contributed by atoms with E-state index in [9.17, 15) is 9.90 Å². The topological polar surface area (TPSA) is 49.3 Å². The third-order valence-corrected chi connectivity index (χ3v) is 5.15. The largest absolute Gasteiger partial charge is 0.388 e. The zero-order valence-corrected chi connectivity index (χ0v) is 12.6. The Morgan fingerprint density at radius 1 is 1.32 bits per heavy atom. The molecule has 0 saturated heterocycles. The molecule has 0 aromatic carbocycles. The van der Waals surface area contributed by atoms with E-state index in [1.54, 1.807) is 0 Å². The Hall–Kier alpha value is -0.870. The number of hydrogen-bond acceptors (Lipinski definition) is 3.